The van der Waals surface area contributed by atoms with E-state index in [0.29, 0.717) is 13.2 Å². The summed E-state index contributed by atoms with van der Waals surface area (Å²) in [7, 11) is 1.60. The van der Waals surface area contributed by atoms with Crippen molar-refractivity contribution < 1.29 is 47.4 Å². The fraction of sp³-hybridized carbons (Fsp3) is 0.514. The zero-order valence-corrected chi connectivity index (χ0v) is 27.2. The van der Waals surface area contributed by atoms with E-state index in [1.54, 1.807) is 7.11 Å². The van der Waals surface area contributed by atoms with Crippen LogP contribution in [0, 0.1) is 0 Å². The lowest BCUT2D eigenvalue weighted by molar-refractivity contribution is -0.388. The predicted molar refractivity (Wildman–Crippen MR) is 169 cm³/mol. The Morgan fingerprint density at radius 2 is 1.26 bits per heavy atom. The molecule has 4 heterocycles. The molecule has 0 radical (unpaired) electrons. The molecule has 0 aliphatic carbocycles. The van der Waals surface area contributed by atoms with Gasteiger partial charge in [-0.15, -0.1) is 0 Å². The number of methoxy groups -OCH3 is 1. The summed E-state index contributed by atoms with van der Waals surface area (Å²) in [4.78, 5) is 0. The standard InChI is InChI=1S/C37H44O10/c1-23-28(31-33(35(38-4)42-23)47-37(2,3)46-31)44-36-32(40-21-25-16-10-6-11-17-25)30(39-20-24-14-8-5-9-15-24)29-27(43-36)22-41-34(45-29)26-18-12-7-13-19-26/h5-19,23,27-36H,20-22H2,1-4H3/t23-,27+,28-,29+,30-,31+,32-,33+,34?,35+,36-/m0/s1. The predicted octanol–water partition coefficient (Wildman–Crippen LogP) is 5.29. The summed E-state index contributed by atoms with van der Waals surface area (Å²) in [6, 6.07) is 29.9. The van der Waals surface area contributed by atoms with Crippen molar-refractivity contribution in [3.05, 3.63) is 108 Å². The van der Waals surface area contributed by atoms with Crippen molar-refractivity contribution in [2.75, 3.05) is 13.7 Å². The van der Waals surface area contributed by atoms with Crippen LogP contribution >= 0.6 is 0 Å². The van der Waals surface area contributed by atoms with E-state index in [4.69, 9.17) is 47.4 Å². The van der Waals surface area contributed by atoms with Crippen LogP contribution in [0.1, 0.15) is 43.8 Å². The van der Waals surface area contributed by atoms with Gasteiger partial charge in [0.05, 0.1) is 25.9 Å². The largest absolute Gasteiger partial charge is 0.368 e. The molecule has 3 aromatic rings. The number of rotatable bonds is 10. The third-order valence-electron chi connectivity index (χ3n) is 9.02. The average Bonchev–Trinajstić information content (AvgIpc) is 3.43. The zero-order valence-electron chi connectivity index (χ0n) is 27.2. The molecule has 7 rings (SSSR count). The van der Waals surface area contributed by atoms with E-state index < -0.39 is 73.5 Å². The van der Waals surface area contributed by atoms with E-state index in [0.717, 1.165) is 16.7 Å². The first-order chi connectivity index (χ1) is 22.9. The maximum absolute atomic E-state index is 6.86. The molecule has 4 aliphatic heterocycles. The lowest BCUT2D eigenvalue weighted by atomic mass is 9.96. The minimum absolute atomic E-state index is 0.280. The topological polar surface area (TPSA) is 92.3 Å². The van der Waals surface area contributed by atoms with Crippen LogP contribution in [0.2, 0.25) is 0 Å². The SMILES string of the molecule is CO[C@@H]1O[C@@H](C)[C@H](O[C@@H]2O[C@@H]3COC(c4ccccc4)O[C@H]3[C@H](OCc3ccccc3)[C@@H]2OCc2ccccc2)[C@H]2OC(C)(C)O[C@@H]12. The molecule has 4 fully saturated rings. The Kier molecular flexibility index (Phi) is 10.0. The maximum atomic E-state index is 6.86. The van der Waals surface area contributed by atoms with Crippen LogP contribution in [-0.2, 0) is 60.6 Å². The second kappa shape index (κ2) is 14.4. The van der Waals surface area contributed by atoms with Crippen LogP contribution in [-0.4, -0.2) is 80.9 Å². The molecule has 10 nitrogen and oxygen atoms in total. The maximum Gasteiger partial charge on any atom is 0.187 e. The summed E-state index contributed by atoms with van der Waals surface area (Å²) in [5.74, 6) is -0.846. The smallest absolute Gasteiger partial charge is 0.187 e. The van der Waals surface area contributed by atoms with Gasteiger partial charge in [-0.25, -0.2) is 0 Å². The first-order valence-electron chi connectivity index (χ1n) is 16.4. The molecule has 252 valence electrons. The van der Waals surface area contributed by atoms with E-state index >= 15 is 0 Å². The highest BCUT2D eigenvalue weighted by Crippen LogP contribution is 2.42. The van der Waals surface area contributed by atoms with E-state index in [1.165, 1.54) is 0 Å². The molecule has 0 amide bonds. The fourth-order valence-corrected chi connectivity index (χ4v) is 6.78. The van der Waals surface area contributed by atoms with Crippen LogP contribution < -0.4 is 0 Å². The molecule has 0 spiro atoms. The minimum Gasteiger partial charge on any atom is -0.368 e. The Morgan fingerprint density at radius 1 is 0.660 bits per heavy atom. The third-order valence-corrected chi connectivity index (χ3v) is 9.02. The molecular formula is C37H44O10. The Hall–Kier alpha value is -2.74. The van der Waals surface area contributed by atoms with Crippen molar-refractivity contribution in [2.24, 2.45) is 0 Å². The lowest BCUT2D eigenvalue weighted by Crippen LogP contribution is -2.66. The molecule has 10 heteroatoms. The summed E-state index contributed by atoms with van der Waals surface area (Å²) in [5.41, 5.74) is 2.96. The molecule has 3 aromatic carbocycles. The van der Waals surface area contributed by atoms with Gasteiger partial charge in [0.15, 0.2) is 24.7 Å². The summed E-state index contributed by atoms with van der Waals surface area (Å²) in [6.07, 6.45) is -6.23. The van der Waals surface area contributed by atoms with E-state index in [-0.39, 0.29) is 6.61 Å². The van der Waals surface area contributed by atoms with Gasteiger partial charge in [-0.05, 0) is 31.9 Å². The highest BCUT2D eigenvalue weighted by Gasteiger charge is 2.58. The zero-order chi connectivity index (χ0) is 32.4. The van der Waals surface area contributed by atoms with Gasteiger partial charge in [0, 0.05) is 12.7 Å². The normalized spacial score (nSPS) is 36.4. The molecule has 11 atom stereocenters. The van der Waals surface area contributed by atoms with Gasteiger partial charge in [0.25, 0.3) is 0 Å². The van der Waals surface area contributed by atoms with Gasteiger partial charge in [-0.2, -0.15) is 0 Å². The van der Waals surface area contributed by atoms with Gasteiger partial charge in [0.2, 0.25) is 0 Å². The van der Waals surface area contributed by atoms with E-state index in [1.807, 2.05) is 112 Å². The molecule has 1 unspecified atom stereocenters. The molecule has 4 saturated heterocycles. The van der Waals surface area contributed by atoms with Crippen molar-refractivity contribution in [1.82, 2.24) is 0 Å². The number of hydrogen-bond acceptors (Lipinski definition) is 10. The van der Waals surface area contributed by atoms with E-state index in [2.05, 4.69) is 0 Å². The Labute approximate surface area is 276 Å². The first kappa shape index (κ1) is 32.8. The van der Waals surface area contributed by atoms with Gasteiger partial charge < -0.3 is 47.4 Å². The lowest BCUT2D eigenvalue weighted by Gasteiger charge is -2.50. The molecule has 4 aliphatic rings. The van der Waals surface area contributed by atoms with Crippen molar-refractivity contribution in [3.8, 4) is 0 Å². The molecule has 0 N–H and O–H groups in total. The number of hydrogen-bond donors (Lipinski definition) is 0. The number of ether oxygens (including phenoxy) is 10. The van der Waals surface area contributed by atoms with Crippen LogP contribution in [0.3, 0.4) is 0 Å². The quantitative estimate of drug-likeness (QED) is 0.289. The summed E-state index contributed by atoms with van der Waals surface area (Å²) >= 11 is 0. The number of benzene rings is 3. The van der Waals surface area contributed by atoms with Crippen molar-refractivity contribution in [3.63, 3.8) is 0 Å². The van der Waals surface area contributed by atoms with Crippen LogP contribution in [0.15, 0.2) is 91.0 Å². The third kappa shape index (κ3) is 7.33. The van der Waals surface area contributed by atoms with Crippen LogP contribution in [0.25, 0.3) is 0 Å². The van der Waals surface area contributed by atoms with E-state index in [9.17, 15) is 0 Å². The van der Waals surface area contributed by atoms with Gasteiger partial charge in [-0.3, -0.25) is 0 Å². The first-order valence-corrected chi connectivity index (χ1v) is 16.4. The molecule has 0 bridgehead atoms. The second-order valence-electron chi connectivity index (χ2n) is 12.9. The number of fused-ring (bicyclic) bond motifs is 2. The van der Waals surface area contributed by atoms with Crippen molar-refractivity contribution in [1.29, 1.82) is 0 Å². The molecular weight excluding hydrogens is 604 g/mol. The molecule has 0 aromatic heterocycles. The van der Waals surface area contributed by atoms with Crippen LogP contribution in [0.5, 0.6) is 0 Å². The Morgan fingerprint density at radius 3 is 1.89 bits per heavy atom. The Bertz CT molecular complexity index is 1410. The summed E-state index contributed by atoms with van der Waals surface area (Å²) in [5, 5.41) is 0. The molecule has 47 heavy (non-hydrogen) atoms. The Balaban J connectivity index is 1.20. The van der Waals surface area contributed by atoms with Crippen LogP contribution in [0.4, 0.5) is 0 Å². The second-order valence-corrected chi connectivity index (χ2v) is 12.9. The minimum atomic E-state index is -0.871. The molecule has 0 saturated carbocycles. The highest BCUT2D eigenvalue weighted by molar-refractivity contribution is 5.18. The van der Waals surface area contributed by atoms with Gasteiger partial charge in [-0.1, -0.05) is 91.0 Å². The fourth-order valence-electron chi connectivity index (χ4n) is 6.78. The summed E-state index contributed by atoms with van der Waals surface area (Å²) < 4.78 is 64.4. The monoisotopic (exact) mass is 648 g/mol. The van der Waals surface area contributed by atoms with Crippen molar-refractivity contribution >= 4 is 0 Å². The van der Waals surface area contributed by atoms with Gasteiger partial charge >= 0.3 is 0 Å². The highest BCUT2D eigenvalue weighted by atomic mass is 16.8. The van der Waals surface area contributed by atoms with Gasteiger partial charge in [0.1, 0.15) is 42.7 Å². The summed E-state index contributed by atoms with van der Waals surface area (Å²) in [6.45, 7) is 6.63. The average molecular weight is 649 g/mol. The van der Waals surface area contributed by atoms with Crippen molar-refractivity contribution in [2.45, 2.75) is 107 Å².